The van der Waals surface area contributed by atoms with E-state index in [0.717, 1.165) is 11.3 Å². The highest BCUT2D eigenvalue weighted by molar-refractivity contribution is 6.30. The van der Waals surface area contributed by atoms with Crippen LogP contribution in [0, 0.1) is 12.7 Å². The van der Waals surface area contributed by atoms with Crippen LogP contribution in [0.2, 0.25) is 5.02 Å². The predicted octanol–water partition coefficient (Wildman–Crippen LogP) is 3.07. The van der Waals surface area contributed by atoms with E-state index in [-0.39, 0.29) is 5.02 Å². The zero-order valence-electron chi connectivity index (χ0n) is 9.34. The van der Waals surface area contributed by atoms with Gasteiger partial charge < -0.3 is 9.73 Å². The van der Waals surface area contributed by atoms with Crippen LogP contribution in [0.25, 0.3) is 0 Å². The van der Waals surface area contributed by atoms with Gasteiger partial charge in [0.1, 0.15) is 11.6 Å². The molecule has 0 amide bonds. The maximum Gasteiger partial charge on any atom is 0.208 e. The molecule has 2 aromatic rings. The minimum atomic E-state index is -0.405. The summed E-state index contributed by atoms with van der Waals surface area (Å²) in [4.78, 5) is 4.05. The molecule has 0 unspecified atom stereocenters. The smallest absolute Gasteiger partial charge is 0.208 e. The third-order valence-corrected chi connectivity index (χ3v) is 2.57. The van der Waals surface area contributed by atoms with Crippen LogP contribution in [0.1, 0.15) is 17.2 Å². The molecule has 5 heteroatoms. The Morgan fingerprint density at radius 3 is 2.88 bits per heavy atom. The van der Waals surface area contributed by atoms with E-state index in [9.17, 15) is 4.39 Å². The fourth-order valence-electron chi connectivity index (χ4n) is 1.45. The lowest BCUT2D eigenvalue weighted by Crippen LogP contribution is -2.12. The van der Waals surface area contributed by atoms with Crippen LogP contribution >= 0.6 is 11.6 Å². The van der Waals surface area contributed by atoms with Crippen molar-refractivity contribution >= 4 is 11.6 Å². The molecule has 2 rings (SSSR count). The van der Waals surface area contributed by atoms with Gasteiger partial charge in [-0.3, -0.25) is 0 Å². The summed E-state index contributed by atoms with van der Waals surface area (Å²) in [6, 6.07) is 4.73. The van der Waals surface area contributed by atoms with Crippen molar-refractivity contribution in [2.45, 2.75) is 20.0 Å². The quantitative estimate of drug-likeness (QED) is 0.911. The van der Waals surface area contributed by atoms with Gasteiger partial charge in [0.2, 0.25) is 5.89 Å². The molecule has 1 N–H and O–H groups in total. The average Bonchev–Trinajstić information content (AvgIpc) is 2.70. The molecule has 0 bridgehead atoms. The summed E-state index contributed by atoms with van der Waals surface area (Å²) in [7, 11) is 0. The molecule has 17 heavy (non-hydrogen) atoms. The summed E-state index contributed by atoms with van der Waals surface area (Å²) in [5.41, 5.74) is 0.829. The highest BCUT2D eigenvalue weighted by atomic mass is 35.5. The minimum Gasteiger partial charge on any atom is -0.445 e. The first kappa shape index (κ1) is 12.1. The van der Waals surface area contributed by atoms with Gasteiger partial charge in [0, 0.05) is 6.54 Å². The number of rotatable bonds is 4. The number of nitrogens with zero attached hydrogens (tertiary/aromatic N) is 1. The van der Waals surface area contributed by atoms with Gasteiger partial charge in [0.05, 0.1) is 17.8 Å². The van der Waals surface area contributed by atoms with E-state index in [2.05, 4.69) is 10.3 Å². The zero-order chi connectivity index (χ0) is 12.3. The predicted molar refractivity (Wildman–Crippen MR) is 63.2 cm³/mol. The number of aryl methyl sites for hydroxylation is 1. The fraction of sp³-hybridized carbons (Fsp3) is 0.250. The summed E-state index contributed by atoms with van der Waals surface area (Å²) in [6.45, 7) is 2.89. The Hall–Kier alpha value is -1.39. The summed E-state index contributed by atoms with van der Waals surface area (Å²) < 4.78 is 18.4. The van der Waals surface area contributed by atoms with Gasteiger partial charge in [-0.15, -0.1) is 0 Å². The van der Waals surface area contributed by atoms with Crippen molar-refractivity contribution in [3.05, 3.63) is 52.5 Å². The fourth-order valence-corrected chi connectivity index (χ4v) is 1.56. The molecule has 0 spiro atoms. The number of benzene rings is 1. The standard InChI is InChI=1S/C12H12ClFN2O/c1-8-5-16-12(17-8)7-15-6-9-2-3-10(13)11(14)4-9/h2-5,15H,6-7H2,1H3. The Balaban J connectivity index is 1.87. The molecule has 90 valence electrons. The molecule has 0 atom stereocenters. The second-order valence-electron chi connectivity index (χ2n) is 3.72. The lowest BCUT2D eigenvalue weighted by molar-refractivity contribution is 0.449. The van der Waals surface area contributed by atoms with Crippen LogP contribution in [-0.2, 0) is 13.1 Å². The summed E-state index contributed by atoms with van der Waals surface area (Å²) in [6.07, 6.45) is 1.67. The maximum atomic E-state index is 13.1. The first-order chi connectivity index (χ1) is 8.15. The van der Waals surface area contributed by atoms with Crippen molar-refractivity contribution in [2.24, 2.45) is 0 Å². The van der Waals surface area contributed by atoms with Gasteiger partial charge in [0.15, 0.2) is 0 Å². The average molecular weight is 255 g/mol. The van der Waals surface area contributed by atoms with Gasteiger partial charge in [-0.05, 0) is 24.6 Å². The van der Waals surface area contributed by atoms with E-state index in [1.807, 2.05) is 6.92 Å². The molecule has 1 aromatic heterocycles. The Morgan fingerprint density at radius 1 is 1.41 bits per heavy atom. The van der Waals surface area contributed by atoms with E-state index in [1.165, 1.54) is 6.07 Å². The zero-order valence-corrected chi connectivity index (χ0v) is 10.1. The first-order valence-corrected chi connectivity index (χ1v) is 5.59. The van der Waals surface area contributed by atoms with E-state index < -0.39 is 5.82 Å². The number of oxazole rings is 1. The maximum absolute atomic E-state index is 13.1. The van der Waals surface area contributed by atoms with Crippen LogP contribution in [0.3, 0.4) is 0 Å². The topological polar surface area (TPSA) is 38.1 Å². The molecular weight excluding hydrogens is 243 g/mol. The van der Waals surface area contributed by atoms with E-state index >= 15 is 0 Å². The number of aromatic nitrogens is 1. The SMILES string of the molecule is Cc1cnc(CNCc2ccc(Cl)c(F)c2)o1. The largest absolute Gasteiger partial charge is 0.445 e. The Morgan fingerprint density at radius 2 is 2.24 bits per heavy atom. The molecule has 0 radical (unpaired) electrons. The first-order valence-electron chi connectivity index (χ1n) is 5.21. The van der Waals surface area contributed by atoms with E-state index in [1.54, 1.807) is 18.3 Å². The van der Waals surface area contributed by atoms with Gasteiger partial charge in [-0.1, -0.05) is 17.7 Å². The highest BCUT2D eigenvalue weighted by Gasteiger charge is 2.02. The van der Waals surface area contributed by atoms with Gasteiger partial charge in [0.25, 0.3) is 0 Å². The summed E-state index contributed by atoms with van der Waals surface area (Å²) in [5, 5.41) is 3.25. The summed E-state index contributed by atoms with van der Waals surface area (Å²) >= 11 is 5.59. The Kier molecular flexibility index (Phi) is 3.76. The van der Waals surface area contributed by atoms with Crippen LogP contribution in [0.5, 0.6) is 0 Å². The minimum absolute atomic E-state index is 0.136. The molecule has 1 aromatic carbocycles. The number of hydrogen-bond donors (Lipinski definition) is 1. The van der Waals surface area contributed by atoms with Crippen molar-refractivity contribution in [1.29, 1.82) is 0 Å². The van der Waals surface area contributed by atoms with Crippen molar-refractivity contribution in [3.63, 3.8) is 0 Å². The van der Waals surface area contributed by atoms with E-state index in [4.69, 9.17) is 16.0 Å². The van der Waals surface area contributed by atoms with Gasteiger partial charge >= 0.3 is 0 Å². The van der Waals surface area contributed by atoms with Crippen molar-refractivity contribution in [1.82, 2.24) is 10.3 Å². The molecule has 1 heterocycles. The monoisotopic (exact) mass is 254 g/mol. The molecule has 0 aliphatic carbocycles. The van der Waals surface area contributed by atoms with Crippen LogP contribution < -0.4 is 5.32 Å². The number of hydrogen-bond acceptors (Lipinski definition) is 3. The molecule has 0 fully saturated rings. The van der Waals surface area contributed by atoms with Gasteiger partial charge in [-0.2, -0.15) is 0 Å². The van der Waals surface area contributed by atoms with Crippen LogP contribution in [-0.4, -0.2) is 4.98 Å². The molecule has 3 nitrogen and oxygen atoms in total. The second-order valence-corrected chi connectivity index (χ2v) is 4.12. The third kappa shape index (κ3) is 3.28. The number of halogens is 2. The normalized spacial score (nSPS) is 10.8. The van der Waals surface area contributed by atoms with Crippen molar-refractivity contribution < 1.29 is 8.81 Å². The Labute approximate surface area is 104 Å². The highest BCUT2D eigenvalue weighted by Crippen LogP contribution is 2.15. The molecule has 0 saturated heterocycles. The lowest BCUT2D eigenvalue weighted by atomic mass is 10.2. The molecular formula is C12H12ClFN2O. The van der Waals surface area contributed by atoms with E-state index in [0.29, 0.717) is 19.0 Å². The second kappa shape index (κ2) is 5.29. The van der Waals surface area contributed by atoms with Gasteiger partial charge in [-0.25, -0.2) is 9.37 Å². The number of nitrogens with one attached hydrogen (secondary N) is 1. The summed E-state index contributed by atoms with van der Waals surface area (Å²) in [5.74, 6) is 0.995. The van der Waals surface area contributed by atoms with Crippen LogP contribution in [0.15, 0.2) is 28.8 Å². The Bertz CT molecular complexity index is 513. The van der Waals surface area contributed by atoms with Crippen LogP contribution in [0.4, 0.5) is 4.39 Å². The van der Waals surface area contributed by atoms with Crippen molar-refractivity contribution in [2.75, 3.05) is 0 Å². The lowest BCUT2D eigenvalue weighted by Gasteiger charge is -2.03. The van der Waals surface area contributed by atoms with Crippen molar-refractivity contribution in [3.8, 4) is 0 Å². The molecule has 0 saturated carbocycles. The third-order valence-electron chi connectivity index (χ3n) is 2.26. The molecule has 0 aliphatic rings. The molecule has 0 aliphatic heterocycles.